The molecule has 17 heavy (non-hydrogen) atoms. The van der Waals surface area contributed by atoms with E-state index in [0.29, 0.717) is 0 Å². The number of aromatic nitrogens is 2. The normalized spacial score (nSPS) is 12.5. The van der Waals surface area contributed by atoms with Crippen LogP contribution in [0.1, 0.15) is 34.1 Å². The van der Waals surface area contributed by atoms with Crippen LogP contribution in [-0.2, 0) is 0 Å². The molecule has 0 saturated heterocycles. The third-order valence-corrected chi connectivity index (χ3v) is 2.88. The Morgan fingerprint density at radius 3 is 2.53 bits per heavy atom. The largest absolute Gasteiger partial charge is 0.320 e. The van der Waals surface area contributed by atoms with Crippen molar-refractivity contribution in [2.24, 2.45) is 5.73 Å². The van der Waals surface area contributed by atoms with Gasteiger partial charge in [0.05, 0.1) is 17.4 Å². The summed E-state index contributed by atoms with van der Waals surface area (Å²) in [5, 5.41) is 8.15. The zero-order valence-electron chi connectivity index (χ0n) is 10.4. The summed E-state index contributed by atoms with van der Waals surface area (Å²) in [5.41, 5.74) is 11.5. The van der Waals surface area contributed by atoms with Crippen LogP contribution in [0.15, 0.2) is 30.3 Å². The molecule has 1 aromatic heterocycles. The number of nitrogens with two attached hydrogens (primary N) is 1. The van der Waals surface area contributed by atoms with Crippen LogP contribution in [-0.4, -0.2) is 10.2 Å². The van der Waals surface area contributed by atoms with Gasteiger partial charge in [0.15, 0.2) is 0 Å². The van der Waals surface area contributed by atoms with Crippen LogP contribution in [0.2, 0.25) is 0 Å². The zero-order chi connectivity index (χ0) is 12.4. The molecule has 2 N–H and O–H groups in total. The molecular formula is C14H17N3. The van der Waals surface area contributed by atoms with E-state index in [2.05, 4.69) is 29.3 Å². The second-order valence-corrected chi connectivity index (χ2v) is 4.42. The van der Waals surface area contributed by atoms with Crippen LogP contribution < -0.4 is 5.73 Å². The Bertz CT molecular complexity index is 535. The number of hydrogen-bond donors (Lipinski definition) is 1. The van der Waals surface area contributed by atoms with E-state index in [0.717, 1.165) is 22.5 Å². The van der Waals surface area contributed by atoms with Crippen molar-refractivity contribution in [1.29, 1.82) is 0 Å². The third-order valence-electron chi connectivity index (χ3n) is 2.88. The Labute approximate surface area is 102 Å². The number of nitrogens with zero attached hydrogens (tertiary/aromatic N) is 2. The lowest BCUT2D eigenvalue weighted by Crippen LogP contribution is -2.15. The van der Waals surface area contributed by atoms with Gasteiger partial charge in [-0.3, -0.25) is 0 Å². The molecule has 0 spiro atoms. The Morgan fingerprint density at radius 2 is 1.82 bits per heavy atom. The molecule has 0 amide bonds. The van der Waals surface area contributed by atoms with Crippen molar-refractivity contribution in [3.8, 4) is 0 Å². The van der Waals surface area contributed by atoms with E-state index >= 15 is 0 Å². The fraction of sp³-hybridized carbons (Fsp3) is 0.286. The summed E-state index contributed by atoms with van der Waals surface area (Å²) in [7, 11) is 0. The van der Waals surface area contributed by atoms with Gasteiger partial charge in [-0.05, 0) is 38.0 Å². The summed E-state index contributed by atoms with van der Waals surface area (Å²) in [6.07, 6.45) is 0. The lowest BCUT2D eigenvalue weighted by atomic mass is 9.97. The molecule has 1 heterocycles. The molecule has 2 rings (SSSR count). The van der Waals surface area contributed by atoms with Gasteiger partial charge in [-0.15, -0.1) is 0 Å². The van der Waals surface area contributed by atoms with Gasteiger partial charge >= 0.3 is 0 Å². The van der Waals surface area contributed by atoms with Gasteiger partial charge in [0.1, 0.15) is 0 Å². The quantitative estimate of drug-likeness (QED) is 0.857. The Morgan fingerprint density at radius 1 is 1.06 bits per heavy atom. The van der Waals surface area contributed by atoms with Crippen LogP contribution >= 0.6 is 0 Å². The maximum absolute atomic E-state index is 6.29. The van der Waals surface area contributed by atoms with Crippen molar-refractivity contribution in [1.82, 2.24) is 10.2 Å². The average molecular weight is 227 g/mol. The molecule has 3 heteroatoms. The standard InChI is InChI=1S/C14H17N3/c1-9-5-4-6-12(7-9)14(15)13-8-10(2)16-17-11(13)3/h4-8,14H,15H2,1-3H3. The van der Waals surface area contributed by atoms with Crippen molar-refractivity contribution in [3.63, 3.8) is 0 Å². The van der Waals surface area contributed by atoms with E-state index in [4.69, 9.17) is 5.73 Å². The van der Waals surface area contributed by atoms with Crippen LogP contribution in [0.3, 0.4) is 0 Å². The highest BCUT2D eigenvalue weighted by atomic mass is 15.1. The van der Waals surface area contributed by atoms with Gasteiger partial charge in [0, 0.05) is 0 Å². The first-order valence-electron chi connectivity index (χ1n) is 5.71. The van der Waals surface area contributed by atoms with Gasteiger partial charge in [0.2, 0.25) is 0 Å². The van der Waals surface area contributed by atoms with E-state index in [9.17, 15) is 0 Å². The van der Waals surface area contributed by atoms with Gasteiger partial charge in [0.25, 0.3) is 0 Å². The van der Waals surface area contributed by atoms with Gasteiger partial charge in [-0.1, -0.05) is 29.8 Å². The summed E-state index contributed by atoms with van der Waals surface area (Å²) in [5.74, 6) is 0. The van der Waals surface area contributed by atoms with Gasteiger partial charge < -0.3 is 5.73 Å². The number of rotatable bonds is 2. The maximum Gasteiger partial charge on any atom is 0.0651 e. The fourth-order valence-corrected chi connectivity index (χ4v) is 1.93. The summed E-state index contributed by atoms with van der Waals surface area (Å²) < 4.78 is 0. The monoisotopic (exact) mass is 227 g/mol. The number of benzene rings is 1. The molecule has 1 unspecified atom stereocenters. The molecule has 0 aliphatic carbocycles. The predicted molar refractivity (Wildman–Crippen MR) is 68.7 cm³/mol. The van der Waals surface area contributed by atoms with Gasteiger partial charge in [-0.25, -0.2) is 0 Å². The highest BCUT2D eigenvalue weighted by molar-refractivity contribution is 5.35. The highest BCUT2D eigenvalue weighted by Gasteiger charge is 2.13. The minimum Gasteiger partial charge on any atom is -0.320 e. The second-order valence-electron chi connectivity index (χ2n) is 4.42. The molecule has 88 valence electrons. The number of hydrogen-bond acceptors (Lipinski definition) is 3. The Balaban J connectivity index is 2.43. The summed E-state index contributed by atoms with van der Waals surface area (Å²) in [6, 6.07) is 10.1. The van der Waals surface area contributed by atoms with E-state index in [1.807, 2.05) is 32.0 Å². The molecule has 0 aliphatic rings. The first kappa shape index (κ1) is 11.7. The molecule has 0 saturated carbocycles. The molecule has 1 aromatic carbocycles. The van der Waals surface area contributed by atoms with Crippen LogP contribution in [0.5, 0.6) is 0 Å². The van der Waals surface area contributed by atoms with Gasteiger partial charge in [-0.2, -0.15) is 10.2 Å². The number of aryl methyl sites for hydroxylation is 3. The average Bonchev–Trinajstić information content (AvgIpc) is 2.31. The first-order chi connectivity index (χ1) is 8.08. The molecule has 0 bridgehead atoms. The molecular weight excluding hydrogens is 210 g/mol. The van der Waals surface area contributed by atoms with E-state index in [1.165, 1.54) is 5.56 Å². The summed E-state index contributed by atoms with van der Waals surface area (Å²) in [6.45, 7) is 5.94. The third kappa shape index (κ3) is 2.50. The van der Waals surface area contributed by atoms with Crippen molar-refractivity contribution in [3.05, 3.63) is 58.4 Å². The van der Waals surface area contributed by atoms with Crippen molar-refractivity contribution < 1.29 is 0 Å². The molecule has 3 nitrogen and oxygen atoms in total. The minimum atomic E-state index is -0.135. The minimum absolute atomic E-state index is 0.135. The fourth-order valence-electron chi connectivity index (χ4n) is 1.93. The van der Waals surface area contributed by atoms with E-state index in [1.54, 1.807) is 0 Å². The molecule has 0 aliphatic heterocycles. The topological polar surface area (TPSA) is 51.8 Å². The molecule has 0 fully saturated rings. The van der Waals surface area contributed by atoms with E-state index in [-0.39, 0.29) is 6.04 Å². The first-order valence-corrected chi connectivity index (χ1v) is 5.71. The van der Waals surface area contributed by atoms with Crippen LogP contribution in [0.25, 0.3) is 0 Å². The summed E-state index contributed by atoms with van der Waals surface area (Å²) in [4.78, 5) is 0. The predicted octanol–water partition coefficient (Wildman–Crippen LogP) is 2.45. The Kier molecular flexibility index (Phi) is 3.20. The summed E-state index contributed by atoms with van der Waals surface area (Å²) >= 11 is 0. The van der Waals surface area contributed by atoms with E-state index < -0.39 is 0 Å². The van der Waals surface area contributed by atoms with Crippen molar-refractivity contribution in [2.75, 3.05) is 0 Å². The molecule has 0 radical (unpaired) electrons. The lowest BCUT2D eigenvalue weighted by molar-refractivity contribution is 0.812. The SMILES string of the molecule is Cc1cccc(C(N)c2cc(C)nnc2C)c1. The smallest absolute Gasteiger partial charge is 0.0651 e. The lowest BCUT2D eigenvalue weighted by Gasteiger charge is -2.15. The van der Waals surface area contributed by atoms with Crippen LogP contribution in [0, 0.1) is 20.8 Å². The maximum atomic E-state index is 6.29. The Hall–Kier alpha value is -1.74. The molecule has 1 atom stereocenters. The molecule has 2 aromatic rings. The van der Waals surface area contributed by atoms with Crippen molar-refractivity contribution in [2.45, 2.75) is 26.8 Å². The zero-order valence-corrected chi connectivity index (χ0v) is 10.4. The van der Waals surface area contributed by atoms with Crippen molar-refractivity contribution >= 4 is 0 Å². The van der Waals surface area contributed by atoms with Crippen LogP contribution in [0.4, 0.5) is 0 Å². The highest BCUT2D eigenvalue weighted by Crippen LogP contribution is 2.22. The second kappa shape index (κ2) is 4.63.